The molecule has 0 unspecified atom stereocenters. The molecule has 0 aliphatic rings. The Morgan fingerprint density at radius 1 is 1.33 bits per heavy atom. The van der Waals surface area contributed by atoms with E-state index >= 15 is 0 Å². The van der Waals surface area contributed by atoms with Crippen LogP contribution >= 0.6 is 0 Å². The van der Waals surface area contributed by atoms with Gasteiger partial charge in [0.15, 0.2) is 6.61 Å². The SMILES string of the molecule is CN(C)C(=O)COc1ccc(-c2nnco2)cc1. The van der Waals surface area contributed by atoms with Crippen LogP contribution in [0.2, 0.25) is 0 Å². The van der Waals surface area contributed by atoms with Crippen molar-refractivity contribution in [2.24, 2.45) is 0 Å². The van der Waals surface area contributed by atoms with Crippen molar-refractivity contribution in [3.05, 3.63) is 30.7 Å². The summed E-state index contributed by atoms with van der Waals surface area (Å²) < 4.78 is 10.4. The van der Waals surface area contributed by atoms with Crippen LogP contribution in [0.25, 0.3) is 11.5 Å². The number of amides is 1. The van der Waals surface area contributed by atoms with Crippen molar-refractivity contribution in [2.75, 3.05) is 20.7 Å². The third-order valence-electron chi connectivity index (χ3n) is 2.32. The molecular formula is C12H13N3O3. The number of ether oxygens (including phenoxy) is 1. The van der Waals surface area contributed by atoms with Gasteiger partial charge in [0.2, 0.25) is 12.3 Å². The van der Waals surface area contributed by atoms with Gasteiger partial charge in [-0.05, 0) is 24.3 Å². The predicted molar refractivity (Wildman–Crippen MR) is 63.9 cm³/mol. The van der Waals surface area contributed by atoms with E-state index in [1.165, 1.54) is 11.3 Å². The Labute approximate surface area is 104 Å². The van der Waals surface area contributed by atoms with E-state index in [0.29, 0.717) is 11.6 Å². The average Bonchev–Trinajstić information content (AvgIpc) is 2.90. The van der Waals surface area contributed by atoms with Crippen LogP contribution in [0.3, 0.4) is 0 Å². The first-order valence-electron chi connectivity index (χ1n) is 5.36. The van der Waals surface area contributed by atoms with Gasteiger partial charge in [0.1, 0.15) is 5.75 Å². The molecule has 0 fully saturated rings. The molecule has 6 nitrogen and oxygen atoms in total. The van der Waals surface area contributed by atoms with Gasteiger partial charge in [-0.15, -0.1) is 10.2 Å². The Morgan fingerprint density at radius 3 is 2.61 bits per heavy atom. The maximum Gasteiger partial charge on any atom is 0.259 e. The summed E-state index contributed by atoms with van der Waals surface area (Å²) in [4.78, 5) is 12.8. The number of likely N-dealkylation sites (N-methyl/N-ethyl adjacent to an activating group) is 1. The minimum absolute atomic E-state index is 0.0207. The van der Waals surface area contributed by atoms with E-state index < -0.39 is 0 Å². The molecule has 0 atom stereocenters. The number of hydrogen-bond donors (Lipinski definition) is 0. The van der Waals surface area contributed by atoms with Crippen LogP contribution in [0.5, 0.6) is 5.75 Å². The van der Waals surface area contributed by atoms with Crippen molar-refractivity contribution in [1.82, 2.24) is 15.1 Å². The molecule has 2 aromatic rings. The van der Waals surface area contributed by atoms with E-state index in [0.717, 1.165) is 5.56 Å². The number of aromatic nitrogens is 2. The molecule has 0 N–H and O–H groups in total. The maximum absolute atomic E-state index is 11.3. The Balaban J connectivity index is 1.98. The number of carbonyl (C=O) groups is 1. The van der Waals surface area contributed by atoms with E-state index in [9.17, 15) is 4.79 Å². The van der Waals surface area contributed by atoms with Gasteiger partial charge >= 0.3 is 0 Å². The minimum atomic E-state index is -0.0871. The highest BCUT2D eigenvalue weighted by Crippen LogP contribution is 2.20. The van der Waals surface area contributed by atoms with Crippen molar-refractivity contribution in [3.63, 3.8) is 0 Å². The van der Waals surface area contributed by atoms with Crippen LogP contribution in [0.1, 0.15) is 0 Å². The Morgan fingerprint density at radius 2 is 2.06 bits per heavy atom. The third kappa shape index (κ3) is 2.85. The van der Waals surface area contributed by atoms with E-state index in [4.69, 9.17) is 9.15 Å². The molecule has 18 heavy (non-hydrogen) atoms. The second-order valence-corrected chi connectivity index (χ2v) is 3.85. The highest BCUT2D eigenvalue weighted by atomic mass is 16.5. The first kappa shape index (κ1) is 12.1. The van der Waals surface area contributed by atoms with Crippen molar-refractivity contribution in [3.8, 4) is 17.2 Å². The first-order chi connectivity index (χ1) is 8.66. The zero-order valence-electron chi connectivity index (χ0n) is 10.2. The van der Waals surface area contributed by atoms with Crippen LogP contribution in [0.4, 0.5) is 0 Å². The highest BCUT2D eigenvalue weighted by Gasteiger charge is 2.06. The zero-order valence-corrected chi connectivity index (χ0v) is 10.2. The van der Waals surface area contributed by atoms with Gasteiger partial charge in [-0.1, -0.05) is 0 Å². The second kappa shape index (κ2) is 5.31. The van der Waals surface area contributed by atoms with Gasteiger partial charge in [0.05, 0.1) is 0 Å². The van der Waals surface area contributed by atoms with E-state index in [1.807, 2.05) is 0 Å². The van der Waals surface area contributed by atoms with Gasteiger partial charge in [-0.25, -0.2) is 0 Å². The number of carbonyl (C=O) groups excluding carboxylic acids is 1. The number of hydrogen-bond acceptors (Lipinski definition) is 5. The molecule has 1 aromatic carbocycles. The van der Waals surface area contributed by atoms with Gasteiger partial charge in [0.25, 0.3) is 5.91 Å². The van der Waals surface area contributed by atoms with Gasteiger partial charge in [0, 0.05) is 19.7 Å². The molecule has 0 spiro atoms. The highest BCUT2D eigenvalue weighted by molar-refractivity contribution is 5.77. The molecule has 0 radical (unpaired) electrons. The lowest BCUT2D eigenvalue weighted by atomic mass is 10.2. The predicted octanol–water partition coefficient (Wildman–Crippen LogP) is 1.20. The summed E-state index contributed by atoms with van der Waals surface area (Å²) in [5.41, 5.74) is 0.804. The first-order valence-corrected chi connectivity index (χ1v) is 5.36. The summed E-state index contributed by atoms with van der Waals surface area (Å²) in [7, 11) is 3.37. The molecule has 0 aliphatic carbocycles. The summed E-state index contributed by atoms with van der Waals surface area (Å²) in [5.74, 6) is 0.982. The number of benzene rings is 1. The molecule has 94 valence electrons. The fourth-order valence-electron chi connectivity index (χ4n) is 1.27. The fraction of sp³-hybridized carbons (Fsp3) is 0.250. The van der Waals surface area contributed by atoms with Crippen LogP contribution < -0.4 is 4.74 Å². The Hall–Kier alpha value is -2.37. The lowest BCUT2D eigenvalue weighted by Crippen LogP contribution is -2.27. The molecular weight excluding hydrogens is 234 g/mol. The van der Waals surface area contributed by atoms with E-state index in [1.54, 1.807) is 38.4 Å². The van der Waals surface area contributed by atoms with Gasteiger partial charge in [-0.3, -0.25) is 4.79 Å². The monoisotopic (exact) mass is 247 g/mol. The van der Waals surface area contributed by atoms with Crippen LogP contribution in [-0.2, 0) is 4.79 Å². The van der Waals surface area contributed by atoms with Crippen molar-refractivity contribution in [1.29, 1.82) is 0 Å². The molecule has 2 rings (SSSR count). The van der Waals surface area contributed by atoms with E-state index in [2.05, 4.69) is 10.2 Å². The molecule has 1 heterocycles. The molecule has 6 heteroatoms. The van der Waals surface area contributed by atoms with E-state index in [-0.39, 0.29) is 12.5 Å². The minimum Gasteiger partial charge on any atom is -0.484 e. The molecule has 0 aliphatic heterocycles. The van der Waals surface area contributed by atoms with Crippen molar-refractivity contribution in [2.45, 2.75) is 0 Å². The average molecular weight is 247 g/mol. The topological polar surface area (TPSA) is 68.5 Å². The smallest absolute Gasteiger partial charge is 0.259 e. The van der Waals surface area contributed by atoms with Crippen molar-refractivity contribution >= 4 is 5.91 Å². The Bertz CT molecular complexity index is 506. The standard InChI is InChI=1S/C12H13N3O3/c1-15(2)11(16)7-17-10-5-3-9(4-6-10)12-14-13-8-18-12/h3-6,8H,7H2,1-2H3. The van der Waals surface area contributed by atoms with Crippen LogP contribution in [-0.4, -0.2) is 41.7 Å². The molecule has 0 saturated carbocycles. The molecule has 0 saturated heterocycles. The van der Waals surface area contributed by atoms with Crippen LogP contribution in [0.15, 0.2) is 35.1 Å². The van der Waals surface area contributed by atoms with Gasteiger partial charge in [-0.2, -0.15) is 0 Å². The summed E-state index contributed by atoms with van der Waals surface area (Å²) in [6.07, 6.45) is 1.27. The third-order valence-corrected chi connectivity index (χ3v) is 2.32. The number of rotatable bonds is 4. The maximum atomic E-state index is 11.3. The normalized spacial score (nSPS) is 10.1. The lowest BCUT2D eigenvalue weighted by molar-refractivity contribution is -0.130. The van der Waals surface area contributed by atoms with Gasteiger partial charge < -0.3 is 14.1 Å². The second-order valence-electron chi connectivity index (χ2n) is 3.85. The summed E-state index contributed by atoms with van der Waals surface area (Å²) in [5, 5.41) is 7.40. The quantitative estimate of drug-likeness (QED) is 0.812. The van der Waals surface area contributed by atoms with Crippen molar-refractivity contribution < 1.29 is 13.9 Å². The number of nitrogens with zero attached hydrogens (tertiary/aromatic N) is 3. The summed E-state index contributed by atoms with van der Waals surface area (Å²) in [6, 6.07) is 7.09. The Kier molecular flexibility index (Phi) is 3.57. The lowest BCUT2D eigenvalue weighted by Gasteiger charge is -2.11. The zero-order chi connectivity index (χ0) is 13.0. The molecule has 1 aromatic heterocycles. The summed E-state index contributed by atoms with van der Waals surface area (Å²) >= 11 is 0. The largest absolute Gasteiger partial charge is 0.484 e. The van der Waals surface area contributed by atoms with Crippen LogP contribution in [0, 0.1) is 0 Å². The molecule has 1 amide bonds. The summed E-state index contributed by atoms with van der Waals surface area (Å²) in [6.45, 7) is 0.0207. The molecule has 0 bridgehead atoms. The fourth-order valence-corrected chi connectivity index (χ4v) is 1.27.